The van der Waals surface area contributed by atoms with Gasteiger partial charge in [0.05, 0.1) is 16.4 Å². The molecule has 0 saturated carbocycles. The van der Waals surface area contributed by atoms with Gasteiger partial charge in [0, 0.05) is 18.0 Å². The quantitative estimate of drug-likeness (QED) is 0.358. The molecule has 28 heavy (non-hydrogen) atoms. The average molecular weight is 402 g/mol. The van der Waals surface area contributed by atoms with Crippen LogP contribution in [0.1, 0.15) is 18.2 Å². The molecule has 9 heteroatoms. The number of hydrogen-bond donors (Lipinski definition) is 0. The molecule has 0 unspecified atom stereocenters. The number of hydrogen-bond acceptors (Lipinski definition) is 7. The van der Waals surface area contributed by atoms with Gasteiger partial charge in [0.1, 0.15) is 12.3 Å². The van der Waals surface area contributed by atoms with Gasteiger partial charge in [0.25, 0.3) is 0 Å². The van der Waals surface area contributed by atoms with Crippen molar-refractivity contribution in [3.63, 3.8) is 0 Å². The molecule has 0 N–H and O–H groups in total. The second-order valence-electron chi connectivity index (χ2n) is 6.02. The maximum atomic E-state index is 11.8. The first-order chi connectivity index (χ1) is 13.6. The van der Waals surface area contributed by atoms with E-state index in [4.69, 9.17) is 30.6 Å². The van der Waals surface area contributed by atoms with Crippen molar-refractivity contribution in [3.05, 3.63) is 59.0 Å². The summed E-state index contributed by atoms with van der Waals surface area (Å²) in [4.78, 5) is 21.3. The third-order valence-electron chi connectivity index (χ3n) is 4.02. The summed E-state index contributed by atoms with van der Waals surface area (Å²) in [7, 11) is 0. The number of pyridine rings is 1. The molecule has 0 amide bonds. The maximum Gasteiger partial charge on any atom is 0.347 e. The molecular formula is C19H16ClN3O5. The van der Waals surface area contributed by atoms with Crippen molar-refractivity contribution in [1.82, 2.24) is 9.38 Å². The monoisotopic (exact) mass is 401 g/mol. The molecule has 1 aliphatic rings. The molecule has 8 nitrogen and oxygen atoms in total. The second-order valence-corrected chi connectivity index (χ2v) is 6.46. The lowest BCUT2D eigenvalue weighted by atomic mass is 10.1. The summed E-state index contributed by atoms with van der Waals surface area (Å²) < 4.78 is 17.5. The number of aromatic nitrogens is 2. The second kappa shape index (κ2) is 7.77. The molecule has 4 rings (SSSR count). The Bertz CT molecular complexity index is 1060. The number of ether oxygens (including phenoxy) is 3. The van der Waals surface area contributed by atoms with Crippen LogP contribution in [0.15, 0.2) is 47.9 Å². The van der Waals surface area contributed by atoms with E-state index in [1.807, 2.05) is 6.07 Å². The molecule has 1 aromatic carbocycles. The first-order valence-corrected chi connectivity index (χ1v) is 8.81. The molecule has 2 aromatic heterocycles. The molecule has 144 valence electrons. The Morgan fingerprint density at radius 2 is 2.11 bits per heavy atom. The molecule has 0 radical (unpaired) electrons. The fraction of sp³-hybridized carbons (Fsp3) is 0.211. The Labute approximate surface area is 165 Å². The number of nitrogens with zero attached hydrogens (tertiary/aromatic N) is 3. The molecule has 3 heterocycles. The van der Waals surface area contributed by atoms with E-state index in [1.54, 1.807) is 48.0 Å². The van der Waals surface area contributed by atoms with E-state index in [2.05, 4.69) is 10.1 Å². The van der Waals surface area contributed by atoms with E-state index >= 15 is 0 Å². The lowest BCUT2D eigenvalue weighted by Crippen LogP contribution is -2.11. The summed E-state index contributed by atoms with van der Waals surface area (Å²) in [5.74, 6) is 0.799. The van der Waals surface area contributed by atoms with E-state index in [0.29, 0.717) is 27.9 Å². The summed E-state index contributed by atoms with van der Waals surface area (Å²) in [5.41, 5.74) is 2.73. The first kappa shape index (κ1) is 18.1. The van der Waals surface area contributed by atoms with Crippen molar-refractivity contribution >= 4 is 28.9 Å². The average Bonchev–Trinajstić information content (AvgIpc) is 3.31. The minimum atomic E-state index is -0.544. The fourth-order valence-corrected chi connectivity index (χ4v) is 2.81. The summed E-state index contributed by atoms with van der Waals surface area (Å²) in [6.45, 7) is 1.70. The number of benzene rings is 1. The third-order valence-corrected chi connectivity index (χ3v) is 4.24. The number of carbonyl (C=O) groups excluding carboxylic acids is 1. The summed E-state index contributed by atoms with van der Waals surface area (Å²) in [5, 5.41) is 4.54. The van der Waals surface area contributed by atoms with Gasteiger partial charge >= 0.3 is 5.97 Å². The predicted octanol–water partition coefficient (Wildman–Crippen LogP) is 3.20. The van der Waals surface area contributed by atoms with Gasteiger partial charge in [-0.25, -0.2) is 9.78 Å². The Kier molecular flexibility index (Phi) is 5.03. The maximum absolute atomic E-state index is 11.8. The number of halogens is 1. The molecule has 3 aromatic rings. The highest BCUT2D eigenvalue weighted by Gasteiger charge is 2.14. The third kappa shape index (κ3) is 4.01. The number of fused-ring (bicyclic) bond motifs is 2. The van der Waals surface area contributed by atoms with Crippen LogP contribution in [0.4, 0.5) is 0 Å². The SMILES string of the molecule is CC(=NOCC(=O)OCc1cn2cc(Cl)ccc2n1)c1ccc2c(c1)OCO2. The van der Waals surface area contributed by atoms with Crippen LogP contribution < -0.4 is 9.47 Å². The van der Waals surface area contributed by atoms with Crippen LogP contribution in [0.3, 0.4) is 0 Å². The molecule has 0 bridgehead atoms. The van der Waals surface area contributed by atoms with Gasteiger partial charge in [-0.05, 0) is 37.3 Å². The standard InChI is InChI=1S/C19H16ClN3O5/c1-12(13-2-4-16-17(6-13)27-11-26-16)22-28-10-19(24)25-9-15-8-23-7-14(20)3-5-18(23)21-15/h2-8H,9-11H2,1H3. The molecule has 0 saturated heterocycles. The van der Waals surface area contributed by atoms with E-state index in [-0.39, 0.29) is 20.0 Å². The van der Waals surface area contributed by atoms with E-state index in [9.17, 15) is 4.79 Å². The molecule has 1 aliphatic heterocycles. The van der Waals surface area contributed by atoms with Crippen LogP contribution in [0.2, 0.25) is 5.02 Å². The van der Waals surface area contributed by atoms with E-state index in [0.717, 1.165) is 11.2 Å². The lowest BCUT2D eigenvalue weighted by molar-refractivity contribution is -0.150. The zero-order chi connectivity index (χ0) is 19.5. The van der Waals surface area contributed by atoms with Crippen molar-refractivity contribution in [1.29, 1.82) is 0 Å². The number of oxime groups is 1. The Hall–Kier alpha value is -3.26. The topological polar surface area (TPSA) is 83.7 Å². The van der Waals surface area contributed by atoms with Crippen LogP contribution in [-0.4, -0.2) is 34.5 Å². The van der Waals surface area contributed by atoms with Crippen LogP contribution in [0.25, 0.3) is 5.65 Å². The van der Waals surface area contributed by atoms with Gasteiger partial charge < -0.3 is 23.4 Å². The first-order valence-electron chi connectivity index (χ1n) is 8.44. The Morgan fingerprint density at radius 1 is 1.25 bits per heavy atom. The molecule has 0 atom stereocenters. The molecule has 0 spiro atoms. The minimum absolute atomic E-state index is 0.0341. The zero-order valence-electron chi connectivity index (χ0n) is 14.9. The van der Waals surface area contributed by atoms with Crippen molar-refractivity contribution in [2.24, 2.45) is 5.16 Å². The van der Waals surface area contributed by atoms with E-state index in [1.165, 1.54) is 0 Å². The normalized spacial score (nSPS) is 13.0. The number of carbonyl (C=O) groups is 1. The smallest absolute Gasteiger partial charge is 0.347 e. The van der Waals surface area contributed by atoms with Gasteiger partial charge in [-0.3, -0.25) is 0 Å². The van der Waals surface area contributed by atoms with Gasteiger partial charge in [-0.2, -0.15) is 0 Å². The van der Waals surface area contributed by atoms with Crippen molar-refractivity contribution < 1.29 is 23.8 Å². The minimum Gasteiger partial charge on any atom is -0.457 e. The Morgan fingerprint density at radius 3 is 3.00 bits per heavy atom. The Balaban J connectivity index is 1.28. The highest BCUT2D eigenvalue weighted by Crippen LogP contribution is 2.32. The van der Waals surface area contributed by atoms with Crippen LogP contribution >= 0.6 is 11.6 Å². The number of imidazole rings is 1. The largest absolute Gasteiger partial charge is 0.457 e. The molecule has 0 aliphatic carbocycles. The fourth-order valence-electron chi connectivity index (χ4n) is 2.64. The summed E-state index contributed by atoms with van der Waals surface area (Å²) in [6.07, 6.45) is 3.48. The zero-order valence-corrected chi connectivity index (χ0v) is 15.7. The lowest BCUT2D eigenvalue weighted by Gasteiger charge is -2.04. The highest BCUT2D eigenvalue weighted by molar-refractivity contribution is 6.30. The number of esters is 1. The van der Waals surface area contributed by atoms with Crippen molar-refractivity contribution in [2.75, 3.05) is 13.4 Å². The van der Waals surface area contributed by atoms with Crippen LogP contribution in [-0.2, 0) is 21.0 Å². The van der Waals surface area contributed by atoms with Crippen LogP contribution in [0.5, 0.6) is 11.5 Å². The van der Waals surface area contributed by atoms with Gasteiger partial charge in [0.15, 0.2) is 11.5 Å². The molecule has 0 fully saturated rings. The summed E-state index contributed by atoms with van der Waals surface area (Å²) >= 11 is 5.93. The predicted molar refractivity (Wildman–Crippen MR) is 101 cm³/mol. The van der Waals surface area contributed by atoms with Crippen molar-refractivity contribution in [3.8, 4) is 11.5 Å². The van der Waals surface area contributed by atoms with Gasteiger partial charge in [-0.1, -0.05) is 16.8 Å². The molecular weight excluding hydrogens is 386 g/mol. The van der Waals surface area contributed by atoms with Crippen molar-refractivity contribution in [2.45, 2.75) is 13.5 Å². The highest BCUT2D eigenvalue weighted by atomic mass is 35.5. The van der Waals surface area contributed by atoms with Gasteiger partial charge in [-0.15, -0.1) is 0 Å². The van der Waals surface area contributed by atoms with Crippen LogP contribution in [0, 0.1) is 0 Å². The summed E-state index contributed by atoms with van der Waals surface area (Å²) in [6, 6.07) is 8.97. The van der Waals surface area contributed by atoms with E-state index < -0.39 is 5.97 Å². The number of rotatable bonds is 6. The van der Waals surface area contributed by atoms with Gasteiger partial charge in [0.2, 0.25) is 13.4 Å².